The minimum Gasteiger partial charge on any atom is -0.336 e. The monoisotopic (exact) mass is 302 g/mol. The van der Waals surface area contributed by atoms with Crippen LogP contribution < -0.4 is 5.32 Å². The van der Waals surface area contributed by atoms with Crippen LogP contribution in [0.15, 0.2) is 24.3 Å². The van der Waals surface area contributed by atoms with Gasteiger partial charge in [0.15, 0.2) is 0 Å². The lowest BCUT2D eigenvalue weighted by Crippen LogP contribution is -2.35. The topological polar surface area (TPSA) is 49.4 Å². The van der Waals surface area contributed by atoms with Gasteiger partial charge < -0.3 is 10.2 Å². The van der Waals surface area contributed by atoms with Crippen molar-refractivity contribution < 1.29 is 9.59 Å². The summed E-state index contributed by atoms with van der Waals surface area (Å²) in [5.74, 6) is 0.452. The molecule has 1 N–H and O–H groups in total. The summed E-state index contributed by atoms with van der Waals surface area (Å²) in [7, 11) is 1.71. The van der Waals surface area contributed by atoms with Crippen LogP contribution in [-0.2, 0) is 16.0 Å². The predicted octanol–water partition coefficient (Wildman–Crippen LogP) is 3.23. The van der Waals surface area contributed by atoms with Gasteiger partial charge in [-0.1, -0.05) is 38.0 Å². The van der Waals surface area contributed by atoms with E-state index < -0.39 is 0 Å². The van der Waals surface area contributed by atoms with Crippen molar-refractivity contribution in [1.29, 1.82) is 0 Å². The van der Waals surface area contributed by atoms with Crippen molar-refractivity contribution in [2.45, 2.75) is 45.4 Å². The second-order valence-electron chi connectivity index (χ2n) is 6.16. The minimum absolute atomic E-state index is 0.0748. The van der Waals surface area contributed by atoms with Gasteiger partial charge in [-0.05, 0) is 36.8 Å². The predicted molar refractivity (Wildman–Crippen MR) is 88.7 cm³/mol. The Kier molecular flexibility index (Phi) is 5.99. The van der Waals surface area contributed by atoms with Gasteiger partial charge in [0.25, 0.3) is 0 Å². The average Bonchev–Trinajstić information content (AvgIpc) is 3.00. The lowest BCUT2D eigenvalue weighted by molar-refractivity contribution is -0.134. The van der Waals surface area contributed by atoms with Gasteiger partial charge >= 0.3 is 0 Å². The molecule has 0 aliphatic heterocycles. The van der Waals surface area contributed by atoms with Crippen molar-refractivity contribution in [2.24, 2.45) is 5.92 Å². The van der Waals surface area contributed by atoms with E-state index >= 15 is 0 Å². The van der Waals surface area contributed by atoms with Gasteiger partial charge in [0.05, 0.1) is 6.54 Å². The summed E-state index contributed by atoms with van der Waals surface area (Å²) in [4.78, 5) is 25.8. The summed E-state index contributed by atoms with van der Waals surface area (Å²) < 4.78 is 0. The molecule has 4 nitrogen and oxygen atoms in total. The number of hydrogen-bond acceptors (Lipinski definition) is 2. The van der Waals surface area contributed by atoms with E-state index in [0.29, 0.717) is 12.3 Å². The lowest BCUT2D eigenvalue weighted by Gasteiger charge is -2.19. The van der Waals surface area contributed by atoms with Gasteiger partial charge in [-0.2, -0.15) is 0 Å². The van der Waals surface area contributed by atoms with Crippen molar-refractivity contribution in [3.05, 3.63) is 29.8 Å². The van der Waals surface area contributed by atoms with E-state index in [2.05, 4.69) is 12.2 Å². The molecule has 2 rings (SSSR count). The second kappa shape index (κ2) is 7.97. The Morgan fingerprint density at radius 1 is 1.23 bits per heavy atom. The number of likely N-dealkylation sites (N-methyl/N-ethyl adjacent to an activating group) is 1. The molecule has 1 fully saturated rings. The molecule has 0 unspecified atom stereocenters. The Morgan fingerprint density at radius 2 is 1.91 bits per heavy atom. The molecular formula is C18H26N2O2. The van der Waals surface area contributed by atoms with Crippen LogP contribution in [0.1, 0.15) is 44.6 Å². The third kappa shape index (κ3) is 4.58. The molecule has 1 saturated carbocycles. The van der Waals surface area contributed by atoms with Crippen LogP contribution in [0.2, 0.25) is 0 Å². The Labute approximate surface area is 132 Å². The smallest absolute Gasteiger partial charge is 0.243 e. The van der Waals surface area contributed by atoms with Crippen LogP contribution >= 0.6 is 0 Å². The summed E-state index contributed by atoms with van der Waals surface area (Å²) in [6.07, 6.45) is 6.21. The number of carbonyl (C=O) groups is 2. The number of amides is 2. The molecule has 0 heterocycles. The van der Waals surface area contributed by atoms with E-state index in [1.807, 2.05) is 24.3 Å². The number of para-hydroxylation sites is 1. The van der Waals surface area contributed by atoms with Crippen LogP contribution in [0.4, 0.5) is 5.69 Å². The molecule has 0 radical (unpaired) electrons. The van der Waals surface area contributed by atoms with Crippen molar-refractivity contribution in [3.63, 3.8) is 0 Å². The fraction of sp³-hybridized carbons (Fsp3) is 0.556. The molecule has 1 aliphatic carbocycles. The number of anilines is 1. The molecule has 0 saturated heterocycles. The van der Waals surface area contributed by atoms with Crippen LogP contribution in [-0.4, -0.2) is 30.3 Å². The maximum atomic E-state index is 12.2. The first kappa shape index (κ1) is 16.5. The lowest BCUT2D eigenvalue weighted by atomic mass is 10.0. The first-order valence-electron chi connectivity index (χ1n) is 8.22. The van der Waals surface area contributed by atoms with Gasteiger partial charge in [-0.3, -0.25) is 9.59 Å². The molecule has 1 aliphatic rings. The molecule has 120 valence electrons. The fourth-order valence-corrected chi connectivity index (χ4v) is 3.06. The number of benzene rings is 1. The first-order valence-corrected chi connectivity index (χ1v) is 8.22. The number of hydrogen-bond donors (Lipinski definition) is 1. The number of aryl methyl sites for hydroxylation is 1. The third-order valence-electron chi connectivity index (χ3n) is 4.42. The zero-order valence-electron chi connectivity index (χ0n) is 13.6. The maximum absolute atomic E-state index is 12.2. The molecule has 1 aromatic rings. The van der Waals surface area contributed by atoms with E-state index in [0.717, 1.165) is 30.5 Å². The molecule has 0 aromatic heterocycles. The molecule has 0 spiro atoms. The first-order chi connectivity index (χ1) is 10.6. The van der Waals surface area contributed by atoms with Crippen LogP contribution in [0.25, 0.3) is 0 Å². The zero-order valence-corrected chi connectivity index (χ0v) is 13.6. The molecular weight excluding hydrogens is 276 g/mol. The summed E-state index contributed by atoms with van der Waals surface area (Å²) in [6.45, 7) is 2.17. The Balaban J connectivity index is 1.84. The summed E-state index contributed by atoms with van der Waals surface area (Å²) >= 11 is 0. The SMILES string of the molecule is CCc1ccccc1NC(=O)CN(C)C(=O)CC1CCCC1. The van der Waals surface area contributed by atoms with E-state index in [1.165, 1.54) is 12.8 Å². The highest BCUT2D eigenvalue weighted by molar-refractivity contribution is 5.95. The van der Waals surface area contributed by atoms with Crippen molar-refractivity contribution in [3.8, 4) is 0 Å². The van der Waals surface area contributed by atoms with Crippen molar-refractivity contribution in [2.75, 3.05) is 18.9 Å². The quantitative estimate of drug-likeness (QED) is 0.877. The molecule has 0 atom stereocenters. The number of nitrogens with zero attached hydrogens (tertiary/aromatic N) is 1. The van der Waals surface area contributed by atoms with E-state index in [1.54, 1.807) is 11.9 Å². The Hall–Kier alpha value is -1.84. The maximum Gasteiger partial charge on any atom is 0.243 e. The van der Waals surface area contributed by atoms with Gasteiger partial charge in [0, 0.05) is 19.2 Å². The van der Waals surface area contributed by atoms with Gasteiger partial charge in [-0.15, -0.1) is 0 Å². The molecule has 22 heavy (non-hydrogen) atoms. The van der Waals surface area contributed by atoms with Crippen LogP contribution in [0, 0.1) is 5.92 Å². The van der Waals surface area contributed by atoms with E-state index in [4.69, 9.17) is 0 Å². The van der Waals surface area contributed by atoms with E-state index in [-0.39, 0.29) is 18.4 Å². The van der Waals surface area contributed by atoms with Gasteiger partial charge in [0.2, 0.25) is 11.8 Å². The molecule has 1 aromatic carbocycles. The number of nitrogens with one attached hydrogen (secondary N) is 1. The Morgan fingerprint density at radius 3 is 2.59 bits per heavy atom. The highest BCUT2D eigenvalue weighted by Crippen LogP contribution is 2.27. The van der Waals surface area contributed by atoms with Crippen molar-refractivity contribution >= 4 is 17.5 Å². The van der Waals surface area contributed by atoms with Gasteiger partial charge in [0.1, 0.15) is 0 Å². The third-order valence-corrected chi connectivity index (χ3v) is 4.42. The van der Waals surface area contributed by atoms with Crippen LogP contribution in [0.3, 0.4) is 0 Å². The zero-order chi connectivity index (χ0) is 15.9. The van der Waals surface area contributed by atoms with E-state index in [9.17, 15) is 9.59 Å². The fourth-order valence-electron chi connectivity index (χ4n) is 3.06. The molecule has 4 heteroatoms. The highest BCUT2D eigenvalue weighted by atomic mass is 16.2. The molecule has 2 amide bonds. The average molecular weight is 302 g/mol. The van der Waals surface area contributed by atoms with Gasteiger partial charge in [-0.25, -0.2) is 0 Å². The normalized spacial score (nSPS) is 14.8. The summed E-state index contributed by atoms with van der Waals surface area (Å²) in [5.41, 5.74) is 1.95. The summed E-state index contributed by atoms with van der Waals surface area (Å²) in [6, 6.07) is 7.77. The Bertz CT molecular complexity index is 522. The standard InChI is InChI=1S/C18H26N2O2/c1-3-15-10-6-7-11-16(15)19-17(21)13-20(2)18(22)12-14-8-4-5-9-14/h6-7,10-11,14H,3-5,8-9,12-13H2,1-2H3,(H,19,21). The second-order valence-corrected chi connectivity index (χ2v) is 6.16. The molecule has 0 bridgehead atoms. The summed E-state index contributed by atoms with van der Waals surface area (Å²) in [5, 5.41) is 2.91. The highest BCUT2D eigenvalue weighted by Gasteiger charge is 2.21. The van der Waals surface area contributed by atoms with Crippen molar-refractivity contribution in [1.82, 2.24) is 4.90 Å². The number of carbonyl (C=O) groups excluding carboxylic acids is 2. The largest absolute Gasteiger partial charge is 0.336 e. The minimum atomic E-state index is -0.136. The van der Waals surface area contributed by atoms with Crippen LogP contribution in [0.5, 0.6) is 0 Å². The number of rotatable bonds is 6.